The highest BCUT2D eigenvalue weighted by molar-refractivity contribution is 6.33. The van der Waals surface area contributed by atoms with Crippen LogP contribution in [0.4, 0.5) is 5.69 Å². The van der Waals surface area contributed by atoms with Crippen molar-refractivity contribution >= 4 is 23.2 Å². The SMILES string of the molecule is CN(CC(=O)Nc1ccccc1Cl)Cc1nccn1Cc1ccccc1. The molecule has 0 bridgehead atoms. The summed E-state index contributed by atoms with van der Waals surface area (Å²) in [5, 5.41) is 3.36. The Balaban J connectivity index is 1.57. The molecule has 1 aromatic heterocycles. The lowest BCUT2D eigenvalue weighted by molar-refractivity contribution is -0.117. The van der Waals surface area contributed by atoms with E-state index in [4.69, 9.17) is 11.6 Å². The molecular weight excluding hydrogens is 348 g/mol. The normalized spacial score (nSPS) is 10.9. The first-order valence-electron chi connectivity index (χ1n) is 8.38. The van der Waals surface area contributed by atoms with E-state index < -0.39 is 0 Å². The standard InChI is InChI=1S/C20H21ClN4O/c1-24(15-20(26)23-18-10-6-5-9-17(18)21)14-19-22-11-12-25(19)13-16-7-3-2-4-8-16/h2-12H,13-15H2,1H3,(H,23,26). The Kier molecular flexibility index (Phi) is 6.04. The zero-order chi connectivity index (χ0) is 18.4. The maximum atomic E-state index is 12.2. The monoisotopic (exact) mass is 368 g/mol. The number of imidazole rings is 1. The molecule has 0 aliphatic heterocycles. The minimum absolute atomic E-state index is 0.109. The molecule has 1 N–H and O–H groups in total. The molecule has 0 spiro atoms. The van der Waals surface area contributed by atoms with Crippen LogP contribution in [0.5, 0.6) is 0 Å². The number of halogens is 1. The van der Waals surface area contributed by atoms with Crippen molar-refractivity contribution in [1.82, 2.24) is 14.5 Å². The van der Waals surface area contributed by atoms with Crippen molar-refractivity contribution < 1.29 is 4.79 Å². The molecule has 2 aromatic carbocycles. The predicted octanol–water partition coefficient (Wildman–Crippen LogP) is 3.66. The zero-order valence-corrected chi connectivity index (χ0v) is 15.4. The Morgan fingerprint density at radius 3 is 2.65 bits per heavy atom. The van der Waals surface area contributed by atoms with Crippen LogP contribution in [0.2, 0.25) is 5.02 Å². The van der Waals surface area contributed by atoms with Crippen LogP contribution >= 0.6 is 11.6 Å². The number of hydrogen-bond acceptors (Lipinski definition) is 3. The molecule has 0 aliphatic rings. The number of benzene rings is 2. The summed E-state index contributed by atoms with van der Waals surface area (Å²) in [6.07, 6.45) is 3.75. The molecule has 1 heterocycles. The van der Waals surface area contributed by atoms with Crippen LogP contribution in [0.1, 0.15) is 11.4 Å². The average Bonchev–Trinajstić information content (AvgIpc) is 3.04. The lowest BCUT2D eigenvalue weighted by atomic mass is 10.2. The quantitative estimate of drug-likeness (QED) is 0.692. The van der Waals surface area contributed by atoms with E-state index in [1.165, 1.54) is 5.56 Å². The third-order valence-electron chi connectivity index (χ3n) is 3.97. The Labute approximate surface area is 158 Å². The van der Waals surface area contributed by atoms with Crippen LogP contribution in [0.15, 0.2) is 67.0 Å². The van der Waals surface area contributed by atoms with Crippen molar-refractivity contribution in [3.8, 4) is 0 Å². The van der Waals surface area contributed by atoms with Crippen LogP contribution in [0, 0.1) is 0 Å². The Hall–Kier alpha value is -2.63. The van der Waals surface area contributed by atoms with Gasteiger partial charge in [-0.2, -0.15) is 0 Å². The van der Waals surface area contributed by atoms with E-state index in [9.17, 15) is 4.79 Å². The number of para-hydroxylation sites is 1. The second-order valence-corrected chi connectivity index (χ2v) is 6.56. The highest BCUT2D eigenvalue weighted by atomic mass is 35.5. The summed E-state index contributed by atoms with van der Waals surface area (Å²) in [6, 6.07) is 17.4. The van der Waals surface area contributed by atoms with E-state index in [0.29, 0.717) is 17.3 Å². The second kappa shape index (κ2) is 8.65. The number of carbonyl (C=O) groups excluding carboxylic acids is 1. The topological polar surface area (TPSA) is 50.2 Å². The van der Waals surface area contributed by atoms with Gasteiger partial charge in [-0.1, -0.05) is 54.1 Å². The lowest BCUT2D eigenvalue weighted by Crippen LogP contribution is -2.30. The van der Waals surface area contributed by atoms with Gasteiger partial charge in [0, 0.05) is 18.9 Å². The Bertz CT molecular complexity index is 863. The number of aromatic nitrogens is 2. The third-order valence-corrected chi connectivity index (χ3v) is 4.30. The first kappa shape index (κ1) is 18.2. The zero-order valence-electron chi connectivity index (χ0n) is 14.6. The van der Waals surface area contributed by atoms with Crippen LogP contribution in [-0.2, 0) is 17.9 Å². The van der Waals surface area contributed by atoms with Gasteiger partial charge >= 0.3 is 0 Å². The maximum Gasteiger partial charge on any atom is 0.238 e. The number of carbonyl (C=O) groups is 1. The molecule has 3 aromatic rings. The first-order valence-corrected chi connectivity index (χ1v) is 8.76. The molecule has 0 radical (unpaired) electrons. The highest BCUT2D eigenvalue weighted by Gasteiger charge is 2.12. The fourth-order valence-electron chi connectivity index (χ4n) is 2.71. The summed E-state index contributed by atoms with van der Waals surface area (Å²) < 4.78 is 2.10. The molecule has 3 rings (SSSR count). The fraction of sp³-hybridized carbons (Fsp3) is 0.200. The summed E-state index contributed by atoms with van der Waals surface area (Å²) in [7, 11) is 1.90. The van der Waals surface area contributed by atoms with Gasteiger partial charge in [0.05, 0.1) is 23.8 Å². The maximum absolute atomic E-state index is 12.2. The minimum Gasteiger partial charge on any atom is -0.329 e. The molecule has 1 amide bonds. The van der Waals surface area contributed by atoms with Crippen molar-refractivity contribution in [2.24, 2.45) is 0 Å². The number of rotatable bonds is 7. The average molecular weight is 369 g/mol. The molecule has 5 nitrogen and oxygen atoms in total. The van der Waals surface area contributed by atoms with Gasteiger partial charge in [-0.25, -0.2) is 4.98 Å². The van der Waals surface area contributed by atoms with Crippen LogP contribution in [0.3, 0.4) is 0 Å². The molecule has 0 aliphatic carbocycles. The summed E-state index contributed by atoms with van der Waals surface area (Å²) >= 11 is 6.08. The summed E-state index contributed by atoms with van der Waals surface area (Å²) in [5.41, 5.74) is 1.84. The molecule has 0 atom stereocenters. The molecular formula is C20H21ClN4O. The largest absolute Gasteiger partial charge is 0.329 e. The van der Waals surface area contributed by atoms with Gasteiger partial charge < -0.3 is 9.88 Å². The van der Waals surface area contributed by atoms with Crippen LogP contribution in [0.25, 0.3) is 0 Å². The van der Waals surface area contributed by atoms with Crippen molar-refractivity contribution in [2.75, 3.05) is 18.9 Å². The van der Waals surface area contributed by atoms with Crippen molar-refractivity contribution in [3.05, 3.63) is 83.4 Å². The Morgan fingerprint density at radius 1 is 1.15 bits per heavy atom. The second-order valence-electron chi connectivity index (χ2n) is 6.16. The van der Waals surface area contributed by atoms with Gasteiger partial charge in [0.1, 0.15) is 5.82 Å². The predicted molar refractivity (Wildman–Crippen MR) is 104 cm³/mol. The van der Waals surface area contributed by atoms with Gasteiger partial charge in [-0.3, -0.25) is 9.69 Å². The molecule has 6 heteroatoms. The smallest absolute Gasteiger partial charge is 0.238 e. The van der Waals surface area contributed by atoms with Gasteiger partial charge in [0.2, 0.25) is 5.91 Å². The summed E-state index contributed by atoms with van der Waals surface area (Å²) in [5.74, 6) is 0.809. The van der Waals surface area contributed by atoms with Gasteiger partial charge in [-0.15, -0.1) is 0 Å². The van der Waals surface area contributed by atoms with E-state index in [-0.39, 0.29) is 12.5 Å². The number of amides is 1. The van der Waals surface area contributed by atoms with E-state index in [0.717, 1.165) is 12.4 Å². The van der Waals surface area contributed by atoms with Crippen molar-refractivity contribution in [3.63, 3.8) is 0 Å². The number of nitrogens with zero attached hydrogens (tertiary/aromatic N) is 3. The molecule has 0 unspecified atom stereocenters. The van der Waals surface area contributed by atoms with Gasteiger partial charge in [0.15, 0.2) is 0 Å². The lowest BCUT2D eigenvalue weighted by Gasteiger charge is -2.17. The van der Waals surface area contributed by atoms with E-state index in [1.54, 1.807) is 18.3 Å². The number of likely N-dealkylation sites (N-methyl/N-ethyl adjacent to an activating group) is 1. The molecule has 134 valence electrons. The number of anilines is 1. The summed E-state index contributed by atoms with van der Waals surface area (Å²) in [6.45, 7) is 1.59. The van der Waals surface area contributed by atoms with Crippen molar-refractivity contribution in [1.29, 1.82) is 0 Å². The molecule has 0 fully saturated rings. The first-order chi connectivity index (χ1) is 12.6. The summed E-state index contributed by atoms with van der Waals surface area (Å²) in [4.78, 5) is 18.6. The van der Waals surface area contributed by atoms with Crippen LogP contribution in [-0.4, -0.2) is 34.0 Å². The number of hydrogen-bond donors (Lipinski definition) is 1. The third kappa shape index (κ3) is 4.94. The Morgan fingerprint density at radius 2 is 1.88 bits per heavy atom. The van der Waals surface area contributed by atoms with Gasteiger partial charge in [0.25, 0.3) is 0 Å². The molecule has 0 saturated carbocycles. The minimum atomic E-state index is -0.109. The van der Waals surface area contributed by atoms with E-state index in [1.807, 2.05) is 48.5 Å². The fourth-order valence-corrected chi connectivity index (χ4v) is 2.89. The molecule has 0 saturated heterocycles. The van der Waals surface area contributed by atoms with Crippen molar-refractivity contribution in [2.45, 2.75) is 13.1 Å². The molecule has 26 heavy (non-hydrogen) atoms. The van der Waals surface area contributed by atoms with E-state index >= 15 is 0 Å². The number of nitrogens with one attached hydrogen (secondary N) is 1. The van der Waals surface area contributed by atoms with Gasteiger partial charge in [-0.05, 0) is 24.7 Å². The van der Waals surface area contributed by atoms with E-state index in [2.05, 4.69) is 27.0 Å². The van der Waals surface area contributed by atoms with Crippen LogP contribution < -0.4 is 5.32 Å². The highest BCUT2D eigenvalue weighted by Crippen LogP contribution is 2.20.